The fourth-order valence-electron chi connectivity index (χ4n) is 2.07. The molecule has 0 spiro atoms. The molecular formula is C15H13BrF3N. The van der Waals surface area contributed by atoms with Crippen molar-refractivity contribution in [3.63, 3.8) is 0 Å². The van der Waals surface area contributed by atoms with Crippen LogP contribution in [-0.4, -0.2) is 7.05 Å². The van der Waals surface area contributed by atoms with Gasteiger partial charge >= 0.3 is 0 Å². The van der Waals surface area contributed by atoms with Gasteiger partial charge in [0, 0.05) is 5.56 Å². The smallest absolute Gasteiger partial charge is 0.145 e. The van der Waals surface area contributed by atoms with Gasteiger partial charge in [-0.2, -0.15) is 0 Å². The maximum absolute atomic E-state index is 14.1. The van der Waals surface area contributed by atoms with Crippen LogP contribution in [0.1, 0.15) is 22.7 Å². The fourth-order valence-corrected chi connectivity index (χ4v) is 2.42. The lowest BCUT2D eigenvalue weighted by Crippen LogP contribution is -2.21. The summed E-state index contributed by atoms with van der Waals surface area (Å²) in [5, 5.41) is 2.82. The Hall–Kier alpha value is -1.33. The van der Waals surface area contributed by atoms with E-state index in [1.807, 2.05) is 0 Å². The molecule has 2 rings (SSSR count). The Balaban J connectivity index is 2.58. The number of halogens is 4. The predicted octanol–water partition coefficient (Wildman–Crippen LogP) is 4.48. The second-order valence-electron chi connectivity index (χ2n) is 4.49. The molecule has 1 N–H and O–H groups in total. The molecule has 1 atom stereocenters. The number of rotatable bonds is 3. The van der Waals surface area contributed by atoms with E-state index in [1.54, 1.807) is 26.1 Å². The van der Waals surface area contributed by atoms with Gasteiger partial charge < -0.3 is 5.32 Å². The Morgan fingerprint density at radius 2 is 1.75 bits per heavy atom. The van der Waals surface area contributed by atoms with Crippen molar-refractivity contribution in [2.75, 3.05) is 7.05 Å². The van der Waals surface area contributed by atoms with Gasteiger partial charge in [0.1, 0.15) is 17.5 Å². The third-order valence-corrected chi connectivity index (χ3v) is 3.80. The summed E-state index contributed by atoms with van der Waals surface area (Å²) < 4.78 is 41.9. The van der Waals surface area contributed by atoms with E-state index in [9.17, 15) is 13.2 Å². The van der Waals surface area contributed by atoms with Gasteiger partial charge in [-0.25, -0.2) is 13.2 Å². The van der Waals surface area contributed by atoms with Gasteiger partial charge in [0.05, 0.1) is 10.5 Å². The Kier molecular flexibility index (Phi) is 4.50. The third kappa shape index (κ3) is 2.74. The molecule has 0 aliphatic heterocycles. The Morgan fingerprint density at radius 1 is 1.05 bits per heavy atom. The zero-order valence-electron chi connectivity index (χ0n) is 11.0. The topological polar surface area (TPSA) is 12.0 Å². The largest absolute Gasteiger partial charge is 0.309 e. The van der Waals surface area contributed by atoms with Crippen molar-refractivity contribution in [2.24, 2.45) is 0 Å². The lowest BCUT2D eigenvalue weighted by molar-refractivity contribution is 0.516. The minimum absolute atomic E-state index is 0.134. The third-order valence-electron chi connectivity index (χ3n) is 3.19. The molecule has 0 aromatic heterocycles. The lowest BCUT2D eigenvalue weighted by atomic mass is 9.97. The van der Waals surface area contributed by atoms with Gasteiger partial charge in [-0.3, -0.25) is 0 Å². The van der Waals surface area contributed by atoms with Crippen molar-refractivity contribution in [2.45, 2.75) is 13.0 Å². The van der Waals surface area contributed by atoms with Crippen molar-refractivity contribution >= 4 is 15.9 Å². The molecule has 0 fully saturated rings. The van der Waals surface area contributed by atoms with Crippen LogP contribution < -0.4 is 5.32 Å². The first kappa shape index (κ1) is 15.1. The van der Waals surface area contributed by atoms with Gasteiger partial charge in [-0.15, -0.1) is 0 Å². The summed E-state index contributed by atoms with van der Waals surface area (Å²) in [5.74, 6) is -1.77. The Morgan fingerprint density at radius 3 is 2.35 bits per heavy atom. The average molecular weight is 344 g/mol. The minimum atomic E-state index is -0.761. The molecule has 2 aromatic carbocycles. The van der Waals surface area contributed by atoms with E-state index in [-0.39, 0.29) is 10.0 Å². The molecule has 0 saturated carbocycles. The van der Waals surface area contributed by atoms with E-state index in [1.165, 1.54) is 18.2 Å². The summed E-state index contributed by atoms with van der Waals surface area (Å²) in [7, 11) is 1.57. The zero-order valence-corrected chi connectivity index (χ0v) is 12.6. The number of hydrogen-bond donors (Lipinski definition) is 1. The normalized spacial score (nSPS) is 12.5. The fraction of sp³-hybridized carbons (Fsp3) is 0.200. The summed E-state index contributed by atoms with van der Waals surface area (Å²) in [6, 6.07) is 6.24. The van der Waals surface area contributed by atoms with Gasteiger partial charge in [0.25, 0.3) is 0 Å². The first-order valence-electron chi connectivity index (χ1n) is 6.02. The van der Waals surface area contributed by atoms with Crippen LogP contribution in [0.5, 0.6) is 0 Å². The van der Waals surface area contributed by atoms with Crippen LogP contribution in [0.3, 0.4) is 0 Å². The van der Waals surface area contributed by atoms with Crippen LogP contribution in [0.4, 0.5) is 13.2 Å². The summed E-state index contributed by atoms with van der Waals surface area (Å²) in [6.45, 7) is 1.63. The summed E-state index contributed by atoms with van der Waals surface area (Å²) >= 11 is 3.03. The highest BCUT2D eigenvalue weighted by atomic mass is 79.9. The maximum atomic E-state index is 14.1. The Labute approximate surface area is 123 Å². The molecule has 2 aromatic rings. The molecule has 5 heteroatoms. The van der Waals surface area contributed by atoms with Crippen LogP contribution in [0, 0.1) is 24.4 Å². The van der Waals surface area contributed by atoms with Gasteiger partial charge in [0.15, 0.2) is 0 Å². The molecule has 0 heterocycles. The Bertz CT molecular complexity index is 643. The number of hydrogen-bond acceptors (Lipinski definition) is 1. The average Bonchev–Trinajstić information content (AvgIpc) is 2.42. The highest BCUT2D eigenvalue weighted by molar-refractivity contribution is 9.10. The molecule has 1 unspecified atom stereocenters. The molecule has 20 heavy (non-hydrogen) atoms. The summed E-state index contributed by atoms with van der Waals surface area (Å²) in [5.41, 5.74) is 0.815. The van der Waals surface area contributed by atoms with Crippen LogP contribution in [0.15, 0.2) is 34.8 Å². The summed E-state index contributed by atoms with van der Waals surface area (Å²) in [4.78, 5) is 0. The van der Waals surface area contributed by atoms with Crippen molar-refractivity contribution in [1.29, 1.82) is 0 Å². The standard InChI is InChI=1S/C15H13BrF3N/c1-8-3-4-9(7-12(8)18)15(20-2)13-11(17)6-5-10(16)14(13)19/h3-7,15,20H,1-2H3. The zero-order chi connectivity index (χ0) is 14.9. The summed E-state index contributed by atoms with van der Waals surface area (Å²) in [6.07, 6.45) is 0. The lowest BCUT2D eigenvalue weighted by Gasteiger charge is -2.19. The number of aryl methyl sites for hydroxylation is 1. The number of benzene rings is 2. The molecule has 0 radical (unpaired) electrons. The van der Waals surface area contributed by atoms with E-state index in [2.05, 4.69) is 21.2 Å². The minimum Gasteiger partial charge on any atom is -0.309 e. The van der Waals surface area contributed by atoms with E-state index in [0.29, 0.717) is 11.1 Å². The van der Waals surface area contributed by atoms with Crippen molar-refractivity contribution < 1.29 is 13.2 Å². The monoisotopic (exact) mass is 343 g/mol. The van der Waals surface area contributed by atoms with Crippen LogP contribution in [-0.2, 0) is 0 Å². The molecule has 0 bridgehead atoms. The van der Waals surface area contributed by atoms with Crippen molar-refractivity contribution in [3.05, 3.63) is 68.9 Å². The molecule has 1 nitrogen and oxygen atoms in total. The van der Waals surface area contributed by atoms with E-state index in [0.717, 1.165) is 0 Å². The molecule has 0 aliphatic carbocycles. The van der Waals surface area contributed by atoms with E-state index >= 15 is 0 Å². The van der Waals surface area contributed by atoms with Crippen LogP contribution in [0.2, 0.25) is 0 Å². The SMILES string of the molecule is CNC(c1ccc(C)c(F)c1)c1c(F)ccc(Br)c1F. The second-order valence-corrected chi connectivity index (χ2v) is 5.34. The highest BCUT2D eigenvalue weighted by Crippen LogP contribution is 2.31. The van der Waals surface area contributed by atoms with E-state index in [4.69, 9.17) is 0 Å². The van der Waals surface area contributed by atoms with Gasteiger partial charge in [-0.05, 0) is 59.2 Å². The highest BCUT2D eigenvalue weighted by Gasteiger charge is 2.22. The second kappa shape index (κ2) is 5.97. The first-order chi connectivity index (χ1) is 9.45. The molecule has 0 saturated heterocycles. The predicted molar refractivity (Wildman–Crippen MR) is 76.1 cm³/mol. The molecule has 106 valence electrons. The molecule has 0 amide bonds. The number of nitrogens with one attached hydrogen (secondary N) is 1. The van der Waals surface area contributed by atoms with Crippen LogP contribution in [0.25, 0.3) is 0 Å². The quantitative estimate of drug-likeness (QED) is 0.810. The van der Waals surface area contributed by atoms with Gasteiger partial charge in [-0.1, -0.05) is 12.1 Å². The first-order valence-corrected chi connectivity index (χ1v) is 6.81. The molecule has 0 aliphatic rings. The van der Waals surface area contributed by atoms with Crippen molar-refractivity contribution in [3.8, 4) is 0 Å². The van der Waals surface area contributed by atoms with Gasteiger partial charge in [0.2, 0.25) is 0 Å². The van der Waals surface area contributed by atoms with E-state index < -0.39 is 23.5 Å². The maximum Gasteiger partial charge on any atom is 0.145 e. The van der Waals surface area contributed by atoms with Crippen LogP contribution >= 0.6 is 15.9 Å². The van der Waals surface area contributed by atoms with Crippen molar-refractivity contribution in [1.82, 2.24) is 5.32 Å². The molecular weight excluding hydrogens is 331 g/mol.